The van der Waals surface area contributed by atoms with Crippen molar-refractivity contribution in [2.24, 2.45) is 24.3 Å². The summed E-state index contributed by atoms with van der Waals surface area (Å²) in [5.74, 6) is 1.61. The molecular formula is C16H17N4O+. The van der Waals surface area contributed by atoms with Gasteiger partial charge in [0.2, 0.25) is 0 Å². The average molecular weight is 281 g/mol. The summed E-state index contributed by atoms with van der Waals surface area (Å²) < 4.78 is 9.19. The molecule has 3 aromatic rings. The quantitative estimate of drug-likeness (QED) is 0.536. The van der Waals surface area contributed by atoms with Crippen molar-refractivity contribution < 1.29 is 9.30 Å². The van der Waals surface area contributed by atoms with Crippen LogP contribution in [0.4, 0.5) is 11.6 Å². The predicted octanol–water partition coefficient (Wildman–Crippen LogP) is 3.43. The van der Waals surface area contributed by atoms with E-state index in [1.54, 1.807) is 7.11 Å². The summed E-state index contributed by atoms with van der Waals surface area (Å²) in [6.07, 6.45) is 0. The van der Waals surface area contributed by atoms with Crippen LogP contribution in [-0.4, -0.2) is 11.7 Å². The molecule has 2 aromatic carbocycles. The largest absolute Gasteiger partial charge is 0.497 e. The molecule has 0 radical (unpaired) electrons. The number of aryl methyl sites for hydroxylation is 2. The Kier molecular flexibility index (Phi) is 3.39. The van der Waals surface area contributed by atoms with Gasteiger partial charge in [-0.1, -0.05) is 17.2 Å². The van der Waals surface area contributed by atoms with Crippen molar-refractivity contribution in [3.63, 3.8) is 0 Å². The maximum Gasteiger partial charge on any atom is 0.422 e. The van der Waals surface area contributed by atoms with Crippen LogP contribution >= 0.6 is 0 Å². The van der Waals surface area contributed by atoms with Crippen molar-refractivity contribution >= 4 is 22.7 Å². The molecule has 0 unspecified atom stereocenters. The lowest BCUT2D eigenvalue weighted by Gasteiger charge is -1.97. The van der Waals surface area contributed by atoms with E-state index < -0.39 is 0 Å². The molecule has 0 saturated carbocycles. The summed E-state index contributed by atoms with van der Waals surface area (Å²) in [7, 11) is 5.63. The number of hydrogen-bond acceptors (Lipinski definition) is 3. The number of fused-ring (bicyclic) bond motifs is 1. The second-order valence-corrected chi connectivity index (χ2v) is 4.80. The molecule has 3 rings (SSSR count). The molecule has 106 valence electrons. The molecule has 0 N–H and O–H groups in total. The Labute approximate surface area is 123 Å². The second-order valence-electron chi connectivity index (χ2n) is 4.80. The van der Waals surface area contributed by atoms with E-state index in [2.05, 4.69) is 22.4 Å². The number of methoxy groups -OCH3 is 1. The highest BCUT2D eigenvalue weighted by atomic mass is 16.5. The highest BCUT2D eigenvalue weighted by Gasteiger charge is 2.18. The third-order valence-electron chi connectivity index (χ3n) is 3.53. The fourth-order valence-corrected chi connectivity index (χ4v) is 2.36. The van der Waals surface area contributed by atoms with E-state index >= 15 is 0 Å². The van der Waals surface area contributed by atoms with E-state index in [1.807, 2.05) is 59.6 Å². The monoisotopic (exact) mass is 281 g/mol. The van der Waals surface area contributed by atoms with Crippen molar-refractivity contribution in [3.8, 4) is 5.75 Å². The molecule has 21 heavy (non-hydrogen) atoms. The molecule has 0 aliphatic heterocycles. The minimum Gasteiger partial charge on any atom is -0.497 e. The minimum absolute atomic E-state index is 0.793. The fraction of sp³-hybridized carbons (Fsp3) is 0.188. The maximum absolute atomic E-state index is 5.13. The molecule has 0 atom stereocenters. The smallest absolute Gasteiger partial charge is 0.422 e. The number of aromatic nitrogens is 2. The summed E-state index contributed by atoms with van der Waals surface area (Å²) in [5.41, 5.74) is 3.05. The number of imidazole rings is 1. The molecule has 0 spiro atoms. The minimum atomic E-state index is 0.793. The Morgan fingerprint density at radius 1 is 1.00 bits per heavy atom. The van der Waals surface area contributed by atoms with Crippen LogP contribution in [0.5, 0.6) is 5.75 Å². The number of azo groups is 1. The van der Waals surface area contributed by atoms with Gasteiger partial charge in [0.25, 0.3) is 0 Å². The average Bonchev–Trinajstić information content (AvgIpc) is 2.78. The van der Waals surface area contributed by atoms with Crippen LogP contribution in [-0.2, 0) is 14.1 Å². The number of ether oxygens (including phenoxy) is 1. The summed E-state index contributed by atoms with van der Waals surface area (Å²) in [6, 6.07) is 15.7. The van der Waals surface area contributed by atoms with Gasteiger partial charge in [-0.05, 0) is 36.4 Å². The van der Waals surface area contributed by atoms with Crippen molar-refractivity contribution in [2.75, 3.05) is 7.11 Å². The van der Waals surface area contributed by atoms with E-state index in [9.17, 15) is 0 Å². The van der Waals surface area contributed by atoms with E-state index in [0.29, 0.717) is 0 Å². The molecule has 0 fully saturated rings. The van der Waals surface area contributed by atoms with Crippen LogP contribution in [0.25, 0.3) is 11.0 Å². The van der Waals surface area contributed by atoms with E-state index in [-0.39, 0.29) is 0 Å². The van der Waals surface area contributed by atoms with Gasteiger partial charge in [-0.25, -0.2) is 9.13 Å². The molecule has 0 bridgehead atoms. The van der Waals surface area contributed by atoms with Crippen LogP contribution < -0.4 is 9.30 Å². The van der Waals surface area contributed by atoms with Gasteiger partial charge in [-0.3, -0.25) is 0 Å². The topological polar surface area (TPSA) is 42.8 Å². The molecule has 1 aromatic heterocycles. The Balaban J connectivity index is 1.99. The van der Waals surface area contributed by atoms with E-state index in [4.69, 9.17) is 4.74 Å². The summed E-state index contributed by atoms with van der Waals surface area (Å²) in [4.78, 5) is 0. The first kappa shape index (κ1) is 13.3. The van der Waals surface area contributed by atoms with Crippen LogP contribution in [0, 0.1) is 0 Å². The summed E-state index contributed by atoms with van der Waals surface area (Å²) >= 11 is 0. The van der Waals surface area contributed by atoms with Crippen LogP contribution in [0.3, 0.4) is 0 Å². The molecule has 5 nitrogen and oxygen atoms in total. The second kappa shape index (κ2) is 5.36. The standard InChI is InChI=1S/C16H17N4O/c1-19-14-6-4-5-7-15(14)20(2)16(19)18-17-12-8-10-13(21-3)11-9-12/h4-11H,1-3H3/q+1. The third-order valence-corrected chi connectivity index (χ3v) is 3.53. The van der Waals surface area contributed by atoms with Crippen LogP contribution in [0.2, 0.25) is 0 Å². The maximum atomic E-state index is 5.13. The fourth-order valence-electron chi connectivity index (χ4n) is 2.36. The molecule has 5 heteroatoms. The lowest BCUT2D eigenvalue weighted by Crippen LogP contribution is -2.26. The lowest BCUT2D eigenvalue weighted by atomic mass is 10.3. The zero-order valence-corrected chi connectivity index (χ0v) is 12.3. The Hall–Kier alpha value is -2.69. The Bertz CT molecular complexity index is 764. The van der Waals surface area contributed by atoms with Crippen molar-refractivity contribution in [2.45, 2.75) is 0 Å². The van der Waals surface area contributed by atoms with Crippen LogP contribution in [0.15, 0.2) is 58.8 Å². The third kappa shape index (κ3) is 2.38. The van der Waals surface area contributed by atoms with Crippen molar-refractivity contribution in [3.05, 3.63) is 48.5 Å². The number of para-hydroxylation sites is 2. The SMILES string of the molecule is COc1ccc(/N=N/c2n(C)c3ccccc3[n+]2C)cc1. The van der Waals surface area contributed by atoms with Crippen LogP contribution in [0.1, 0.15) is 0 Å². The number of benzene rings is 2. The molecule has 0 saturated heterocycles. The number of rotatable bonds is 3. The van der Waals surface area contributed by atoms with Crippen molar-refractivity contribution in [1.29, 1.82) is 0 Å². The molecule has 0 amide bonds. The van der Waals surface area contributed by atoms with Gasteiger partial charge in [0.1, 0.15) is 22.5 Å². The Morgan fingerprint density at radius 3 is 2.38 bits per heavy atom. The van der Waals surface area contributed by atoms with Gasteiger partial charge in [0.15, 0.2) is 0 Å². The molecule has 1 heterocycles. The van der Waals surface area contributed by atoms with Gasteiger partial charge in [0.05, 0.1) is 21.2 Å². The lowest BCUT2D eigenvalue weighted by molar-refractivity contribution is -0.632. The van der Waals surface area contributed by atoms with Gasteiger partial charge >= 0.3 is 5.95 Å². The van der Waals surface area contributed by atoms with E-state index in [0.717, 1.165) is 28.4 Å². The van der Waals surface area contributed by atoms with E-state index in [1.165, 1.54) is 0 Å². The van der Waals surface area contributed by atoms with Gasteiger partial charge in [0, 0.05) is 5.11 Å². The highest BCUT2D eigenvalue weighted by Crippen LogP contribution is 2.22. The summed E-state index contributed by atoms with van der Waals surface area (Å²) in [5, 5.41) is 8.67. The Morgan fingerprint density at radius 2 is 1.71 bits per heavy atom. The predicted molar refractivity (Wildman–Crippen MR) is 81.3 cm³/mol. The van der Waals surface area contributed by atoms with Crippen molar-refractivity contribution in [1.82, 2.24) is 4.57 Å². The summed E-state index contributed by atoms with van der Waals surface area (Å²) in [6.45, 7) is 0. The molecule has 0 aliphatic carbocycles. The zero-order valence-electron chi connectivity index (χ0n) is 12.3. The van der Waals surface area contributed by atoms with Gasteiger partial charge < -0.3 is 4.74 Å². The first-order chi connectivity index (χ1) is 10.2. The van der Waals surface area contributed by atoms with Gasteiger partial charge in [-0.2, -0.15) is 0 Å². The number of hydrogen-bond donors (Lipinski definition) is 0. The number of nitrogens with zero attached hydrogens (tertiary/aromatic N) is 4. The molecule has 0 aliphatic rings. The zero-order chi connectivity index (χ0) is 14.8. The first-order valence-corrected chi connectivity index (χ1v) is 6.70. The molecular weight excluding hydrogens is 264 g/mol. The normalized spacial score (nSPS) is 11.4. The highest BCUT2D eigenvalue weighted by molar-refractivity contribution is 5.73. The first-order valence-electron chi connectivity index (χ1n) is 6.70. The van der Waals surface area contributed by atoms with Gasteiger partial charge in [-0.15, -0.1) is 0 Å².